The Hall–Kier alpha value is -2.14. The molecule has 3 rings (SSSR count). The van der Waals surface area contributed by atoms with E-state index in [0.29, 0.717) is 12.5 Å². The number of benzene rings is 1. The number of primary amides is 1. The summed E-state index contributed by atoms with van der Waals surface area (Å²) in [6.07, 6.45) is 0. The number of hydrogen-bond donors (Lipinski definition) is 1. The summed E-state index contributed by atoms with van der Waals surface area (Å²) >= 11 is 0. The van der Waals surface area contributed by atoms with Crippen LogP contribution in [0.5, 0.6) is 0 Å². The summed E-state index contributed by atoms with van der Waals surface area (Å²) in [6.45, 7) is 10.4. The van der Waals surface area contributed by atoms with Crippen LogP contribution in [-0.4, -0.2) is 48.5 Å². The number of para-hydroxylation sites is 1. The first-order chi connectivity index (χ1) is 11.5. The van der Waals surface area contributed by atoms with Crippen LogP contribution in [0.2, 0.25) is 0 Å². The number of aromatic nitrogens is 1. The lowest BCUT2D eigenvalue weighted by Gasteiger charge is -2.37. The summed E-state index contributed by atoms with van der Waals surface area (Å²) in [5, 5.41) is 1.22. The fourth-order valence-corrected chi connectivity index (χ4v) is 3.71. The number of anilines is 1. The van der Waals surface area contributed by atoms with Crippen molar-refractivity contribution in [3.63, 3.8) is 0 Å². The molecule has 0 unspecified atom stereocenters. The first-order valence-electron chi connectivity index (χ1n) is 8.62. The zero-order valence-corrected chi connectivity index (χ0v) is 14.7. The number of hydrogen-bond acceptors (Lipinski definition) is 4. The lowest BCUT2D eigenvalue weighted by Crippen LogP contribution is -2.49. The Morgan fingerprint density at radius 2 is 1.88 bits per heavy atom. The Kier molecular flexibility index (Phi) is 4.71. The third kappa shape index (κ3) is 3.22. The van der Waals surface area contributed by atoms with E-state index in [0.717, 1.165) is 37.4 Å². The van der Waals surface area contributed by atoms with Crippen molar-refractivity contribution < 1.29 is 4.79 Å². The predicted octanol–water partition coefficient (Wildman–Crippen LogP) is 2.27. The average molecular weight is 326 g/mol. The molecule has 0 atom stereocenters. The van der Waals surface area contributed by atoms with Crippen LogP contribution in [0.25, 0.3) is 10.9 Å². The van der Waals surface area contributed by atoms with Crippen molar-refractivity contribution in [1.82, 2.24) is 9.88 Å². The summed E-state index contributed by atoms with van der Waals surface area (Å²) < 4.78 is 0. The molecule has 1 aliphatic rings. The fraction of sp³-hybridized carbons (Fsp3) is 0.474. The summed E-state index contributed by atoms with van der Waals surface area (Å²) in [5.41, 5.74) is 10.1. The molecule has 0 saturated carbocycles. The quantitative estimate of drug-likeness (QED) is 0.936. The first-order valence-corrected chi connectivity index (χ1v) is 8.62. The molecule has 5 nitrogen and oxygen atoms in total. The summed E-state index contributed by atoms with van der Waals surface area (Å²) in [4.78, 5) is 20.5. The molecule has 1 fully saturated rings. The highest BCUT2D eigenvalue weighted by Gasteiger charge is 2.24. The van der Waals surface area contributed by atoms with E-state index in [1.807, 2.05) is 6.07 Å². The molecule has 1 amide bonds. The molecule has 2 aromatic rings. The lowest BCUT2D eigenvalue weighted by atomic mass is 9.95. The van der Waals surface area contributed by atoms with Gasteiger partial charge in [-0.3, -0.25) is 14.7 Å². The normalized spacial score (nSPS) is 16.1. The third-order valence-corrected chi connectivity index (χ3v) is 4.74. The van der Waals surface area contributed by atoms with Crippen molar-refractivity contribution >= 4 is 22.5 Å². The Morgan fingerprint density at radius 1 is 1.21 bits per heavy atom. The Balaban J connectivity index is 1.99. The molecular weight excluding hydrogens is 300 g/mol. The van der Waals surface area contributed by atoms with Crippen LogP contribution < -0.4 is 10.6 Å². The van der Waals surface area contributed by atoms with Crippen LogP contribution >= 0.6 is 0 Å². The van der Waals surface area contributed by atoms with E-state index in [2.05, 4.69) is 48.8 Å². The van der Waals surface area contributed by atoms with Crippen LogP contribution in [0.3, 0.4) is 0 Å². The monoisotopic (exact) mass is 326 g/mol. The van der Waals surface area contributed by atoms with Gasteiger partial charge in [-0.25, -0.2) is 0 Å². The van der Waals surface area contributed by atoms with E-state index in [1.54, 1.807) is 0 Å². The standard InChI is InChI=1S/C19H26N4O/c1-13(2)18-14(3)21-16-7-5-4-6-15(16)19(18)23-10-8-22(9-11-23)12-17(20)24/h4-7,13H,8-12H2,1-3H3,(H2,20,24). The van der Waals surface area contributed by atoms with Gasteiger partial charge in [-0.1, -0.05) is 32.0 Å². The van der Waals surface area contributed by atoms with Crippen molar-refractivity contribution in [2.75, 3.05) is 37.6 Å². The van der Waals surface area contributed by atoms with Gasteiger partial charge in [0.15, 0.2) is 0 Å². The van der Waals surface area contributed by atoms with Crippen LogP contribution in [0.4, 0.5) is 5.69 Å². The lowest BCUT2D eigenvalue weighted by molar-refractivity contribution is -0.119. The van der Waals surface area contributed by atoms with E-state index in [9.17, 15) is 4.79 Å². The molecule has 0 bridgehead atoms. The maximum atomic E-state index is 11.1. The maximum absolute atomic E-state index is 11.1. The second-order valence-corrected chi connectivity index (χ2v) is 6.86. The van der Waals surface area contributed by atoms with Gasteiger partial charge in [0.2, 0.25) is 5.91 Å². The number of nitrogens with zero attached hydrogens (tertiary/aromatic N) is 3. The summed E-state index contributed by atoms with van der Waals surface area (Å²) in [5.74, 6) is 0.164. The molecule has 0 spiro atoms. The largest absolute Gasteiger partial charge is 0.369 e. The maximum Gasteiger partial charge on any atom is 0.231 e. The van der Waals surface area contributed by atoms with Crippen molar-refractivity contribution in [3.8, 4) is 0 Å². The van der Waals surface area contributed by atoms with Gasteiger partial charge in [-0.15, -0.1) is 0 Å². The minimum atomic E-state index is -0.253. The number of fused-ring (bicyclic) bond motifs is 1. The molecule has 1 aromatic carbocycles. The summed E-state index contributed by atoms with van der Waals surface area (Å²) in [7, 11) is 0. The summed E-state index contributed by atoms with van der Waals surface area (Å²) in [6, 6.07) is 8.37. The molecule has 1 aromatic heterocycles. The number of carbonyl (C=O) groups excluding carboxylic acids is 1. The number of pyridine rings is 1. The SMILES string of the molecule is Cc1nc2ccccc2c(N2CCN(CC(N)=O)CC2)c1C(C)C. The fourth-order valence-electron chi connectivity index (χ4n) is 3.71. The topological polar surface area (TPSA) is 62.5 Å². The first kappa shape index (κ1) is 16.7. The van der Waals surface area contributed by atoms with E-state index < -0.39 is 0 Å². The van der Waals surface area contributed by atoms with Gasteiger partial charge in [-0.2, -0.15) is 0 Å². The van der Waals surface area contributed by atoms with Crippen molar-refractivity contribution in [2.24, 2.45) is 5.73 Å². The minimum absolute atomic E-state index is 0.253. The highest BCUT2D eigenvalue weighted by atomic mass is 16.1. The molecule has 128 valence electrons. The third-order valence-electron chi connectivity index (χ3n) is 4.74. The molecule has 0 aliphatic carbocycles. The van der Waals surface area contributed by atoms with Gasteiger partial charge >= 0.3 is 0 Å². The molecule has 0 radical (unpaired) electrons. The Labute approximate surface area is 143 Å². The van der Waals surface area contributed by atoms with Gasteiger partial charge in [-0.05, 0) is 24.5 Å². The van der Waals surface area contributed by atoms with Gasteiger partial charge in [0.1, 0.15) is 0 Å². The van der Waals surface area contributed by atoms with Gasteiger partial charge in [0.25, 0.3) is 0 Å². The zero-order valence-electron chi connectivity index (χ0n) is 14.7. The zero-order chi connectivity index (χ0) is 17.3. The second kappa shape index (κ2) is 6.77. The molecular formula is C19H26N4O. The molecule has 24 heavy (non-hydrogen) atoms. The molecule has 2 N–H and O–H groups in total. The van der Waals surface area contributed by atoms with Crippen molar-refractivity contribution in [1.29, 1.82) is 0 Å². The molecule has 1 saturated heterocycles. The van der Waals surface area contributed by atoms with E-state index in [1.165, 1.54) is 16.6 Å². The molecule has 1 aliphatic heterocycles. The predicted molar refractivity (Wildman–Crippen MR) is 98.4 cm³/mol. The van der Waals surface area contributed by atoms with Gasteiger partial charge in [0.05, 0.1) is 17.7 Å². The van der Waals surface area contributed by atoms with Crippen molar-refractivity contribution in [3.05, 3.63) is 35.5 Å². The number of rotatable bonds is 4. The van der Waals surface area contributed by atoms with Gasteiger partial charge in [0, 0.05) is 37.3 Å². The van der Waals surface area contributed by atoms with Crippen LogP contribution in [-0.2, 0) is 4.79 Å². The second-order valence-electron chi connectivity index (χ2n) is 6.86. The molecule has 5 heteroatoms. The van der Waals surface area contributed by atoms with E-state index in [-0.39, 0.29) is 5.91 Å². The van der Waals surface area contributed by atoms with Crippen LogP contribution in [0, 0.1) is 6.92 Å². The Bertz CT molecular complexity index is 748. The number of nitrogens with two attached hydrogens (primary N) is 1. The number of amides is 1. The number of piperazine rings is 1. The van der Waals surface area contributed by atoms with E-state index in [4.69, 9.17) is 10.7 Å². The average Bonchev–Trinajstić information content (AvgIpc) is 2.53. The molecule has 2 heterocycles. The smallest absolute Gasteiger partial charge is 0.231 e. The highest BCUT2D eigenvalue weighted by molar-refractivity contribution is 5.94. The Morgan fingerprint density at radius 3 is 2.50 bits per heavy atom. The number of aryl methyl sites for hydroxylation is 1. The highest BCUT2D eigenvalue weighted by Crippen LogP contribution is 2.36. The van der Waals surface area contributed by atoms with Gasteiger partial charge < -0.3 is 10.6 Å². The number of carbonyl (C=O) groups is 1. The van der Waals surface area contributed by atoms with Crippen molar-refractivity contribution in [2.45, 2.75) is 26.7 Å². The minimum Gasteiger partial charge on any atom is -0.369 e. The van der Waals surface area contributed by atoms with Crippen LogP contribution in [0.15, 0.2) is 24.3 Å². The van der Waals surface area contributed by atoms with Crippen LogP contribution in [0.1, 0.15) is 31.0 Å². The van der Waals surface area contributed by atoms with E-state index >= 15 is 0 Å².